The van der Waals surface area contributed by atoms with Gasteiger partial charge in [-0.25, -0.2) is 13.1 Å². The van der Waals surface area contributed by atoms with Crippen molar-refractivity contribution in [2.45, 2.75) is 44.2 Å². The molecule has 2 rings (SSSR count). The number of aliphatic imine (C=N–C) groups is 1. The van der Waals surface area contributed by atoms with E-state index in [-0.39, 0.29) is 22.3 Å². The molecular formula is C17H27Cl2N3O3S2. The highest BCUT2D eigenvalue weighted by atomic mass is 35.5. The number of nitrogens with zero attached hydrogens (tertiary/aromatic N) is 2. The molecule has 0 amide bonds. The number of thioether (sulfide) groups is 1. The molecule has 1 aromatic carbocycles. The fourth-order valence-corrected chi connectivity index (χ4v) is 5.71. The molecule has 10 heteroatoms. The lowest BCUT2D eigenvalue weighted by Crippen LogP contribution is -2.45. The van der Waals surface area contributed by atoms with Gasteiger partial charge in [-0.3, -0.25) is 4.99 Å². The molecule has 1 saturated heterocycles. The average Bonchev–Trinajstić information content (AvgIpc) is 2.92. The summed E-state index contributed by atoms with van der Waals surface area (Å²) >= 11 is 7.61. The van der Waals surface area contributed by atoms with E-state index in [9.17, 15) is 13.5 Å². The van der Waals surface area contributed by atoms with Crippen LogP contribution in [0.3, 0.4) is 0 Å². The highest BCUT2D eigenvalue weighted by molar-refractivity contribution is 8.14. The summed E-state index contributed by atoms with van der Waals surface area (Å²) in [7, 11) is -3.74. The summed E-state index contributed by atoms with van der Waals surface area (Å²) in [5.74, 6) is 0.379. The maximum absolute atomic E-state index is 12.6. The molecule has 0 aromatic heterocycles. The van der Waals surface area contributed by atoms with Gasteiger partial charge in [0, 0.05) is 25.2 Å². The Hall–Kier alpha value is -0.510. The van der Waals surface area contributed by atoms with Crippen molar-refractivity contribution in [3.05, 3.63) is 28.8 Å². The number of amidine groups is 1. The van der Waals surface area contributed by atoms with Crippen molar-refractivity contribution in [2.24, 2.45) is 4.99 Å². The van der Waals surface area contributed by atoms with Crippen molar-refractivity contribution in [3.8, 4) is 0 Å². The predicted molar refractivity (Wildman–Crippen MR) is 116 cm³/mol. The minimum absolute atomic E-state index is 0. The van der Waals surface area contributed by atoms with E-state index in [2.05, 4.69) is 9.71 Å². The molecule has 1 aromatic rings. The van der Waals surface area contributed by atoms with Gasteiger partial charge in [-0.15, -0.1) is 12.4 Å². The second-order valence-electron chi connectivity index (χ2n) is 6.00. The maximum Gasteiger partial charge on any atom is 0.242 e. The number of hydrogen-bond acceptors (Lipinski definition) is 5. The Morgan fingerprint density at radius 3 is 2.67 bits per heavy atom. The Labute approximate surface area is 177 Å². The number of unbranched alkanes of at least 4 members (excludes halogenated alkanes) is 1. The fraction of sp³-hybridized carbons (Fsp3) is 0.588. The Morgan fingerprint density at radius 1 is 1.37 bits per heavy atom. The van der Waals surface area contributed by atoms with Gasteiger partial charge >= 0.3 is 0 Å². The lowest BCUT2D eigenvalue weighted by atomic mass is 10.0. The summed E-state index contributed by atoms with van der Waals surface area (Å²) in [6, 6.07) is 4.66. The van der Waals surface area contributed by atoms with Gasteiger partial charge in [0.2, 0.25) is 10.0 Å². The molecule has 0 bridgehead atoms. The van der Waals surface area contributed by atoms with Crippen LogP contribution in [-0.2, 0) is 15.7 Å². The zero-order valence-electron chi connectivity index (χ0n) is 15.7. The Morgan fingerprint density at radius 2 is 2.07 bits per heavy atom. The minimum Gasteiger partial charge on any atom is -0.366 e. The molecule has 154 valence electrons. The normalized spacial score (nSPS) is 21.5. The molecule has 0 aliphatic carbocycles. The first-order chi connectivity index (χ1) is 12.3. The summed E-state index contributed by atoms with van der Waals surface area (Å²) < 4.78 is 27.8. The molecule has 1 unspecified atom stereocenters. The van der Waals surface area contributed by atoms with E-state index in [1.54, 1.807) is 11.0 Å². The van der Waals surface area contributed by atoms with Gasteiger partial charge in [0.05, 0.1) is 10.8 Å². The number of halogens is 2. The number of hydrogen-bond donors (Lipinski definition) is 2. The second-order valence-corrected chi connectivity index (χ2v) is 9.09. The van der Waals surface area contributed by atoms with E-state index in [0.29, 0.717) is 31.0 Å². The van der Waals surface area contributed by atoms with Crippen molar-refractivity contribution in [1.29, 1.82) is 0 Å². The van der Waals surface area contributed by atoms with Crippen molar-refractivity contribution < 1.29 is 13.5 Å². The van der Waals surface area contributed by atoms with Gasteiger partial charge in [0.1, 0.15) is 4.90 Å². The summed E-state index contributed by atoms with van der Waals surface area (Å²) in [5.41, 5.74) is -0.820. The van der Waals surface area contributed by atoms with Crippen LogP contribution in [0.25, 0.3) is 0 Å². The standard InChI is InChI=1S/C17H26ClN3O3S2.ClH/c1-4-7-10-20-26(23,24)15-11-13(8-9-14(15)18)17(22)12-25-16(19-5-2)21(17)6-3;/h8-9,11,20,22H,4-7,10,12H2,1-3H3;1H. The van der Waals surface area contributed by atoms with Crippen molar-refractivity contribution in [2.75, 3.05) is 25.4 Å². The third kappa shape index (κ3) is 5.31. The van der Waals surface area contributed by atoms with E-state index in [1.165, 1.54) is 23.9 Å². The van der Waals surface area contributed by atoms with Crippen molar-refractivity contribution in [3.63, 3.8) is 0 Å². The Balaban J connectivity index is 0.00000364. The van der Waals surface area contributed by atoms with Crippen LogP contribution >= 0.6 is 35.8 Å². The highest BCUT2D eigenvalue weighted by Gasteiger charge is 2.44. The largest absolute Gasteiger partial charge is 0.366 e. The molecule has 1 atom stereocenters. The number of nitrogens with one attached hydrogen (secondary N) is 1. The van der Waals surface area contributed by atoms with E-state index in [4.69, 9.17) is 11.6 Å². The van der Waals surface area contributed by atoms with Gasteiger partial charge in [-0.1, -0.05) is 42.8 Å². The predicted octanol–water partition coefficient (Wildman–Crippen LogP) is 3.43. The highest BCUT2D eigenvalue weighted by Crippen LogP contribution is 2.40. The molecule has 0 saturated carbocycles. The number of rotatable bonds is 8. The van der Waals surface area contributed by atoms with Crippen molar-refractivity contribution in [1.82, 2.24) is 9.62 Å². The maximum atomic E-state index is 12.6. The van der Waals surface area contributed by atoms with E-state index < -0.39 is 15.7 Å². The minimum atomic E-state index is -3.74. The SMILES string of the molecule is CCCCNS(=O)(=O)c1cc(C2(O)CSC(=NCC)N2CC)ccc1Cl.Cl. The summed E-state index contributed by atoms with van der Waals surface area (Å²) in [4.78, 5) is 6.21. The summed E-state index contributed by atoms with van der Waals surface area (Å²) in [5, 5.41) is 12.2. The van der Waals surface area contributed by atoms with Crippen molar-refractivity contribution >= 4 is 51.0 Å². The molecule has 1 heterocycles. The van der Waals surface area contributed by atoms with Crippen LogP contribution in [0, 0.1) is 0 Å². The first-order valence-corrected chi connectivity index (χ1v) is 11.6. The van der Waals surface area contributed by atoms with Crippen LogP contribution in [0.2, 0.25) is 5.02 Å². The molecule has 0 spiro atoms. The molecule has 1 aliphatic rings. The lowest BCUT2D eigenvalue weighted by Gasteiger charge is -2.34. The van der Waals surface area contributed by atoms with Gasteiger partial charge < -0.3 is 10.0 Å². The Bertz CT molecular complexity index is 775. The number of sulfonamides is 1. The van der Waals surface area contributed by atoms with Crippen LogP contribution in [0.4, 0.5) is 0 Å². The third-order valence-electron chi connectivity index (χ3n) is 4.20. The zero-order chi connectivity index (χ0) is 19.4. The zero-order valence-corrected chi connectivity index (χ0v) is 18.9. The van der Waals surface area contributed by atoms with Gasteiger partial charge in [-0.2, -0.15) is 0 Å². The topological polar surface area (TPSA) is 82.0 Å². The third-order valence-corrected chi connectivity index (χ3v) is 7.29. The molecule has 2 N–H and O–H groups in total. The molecule has 1 aliphatic heterocycles. The van der Waals surface area contributed by atoms with Crippen LogP contribution < -0.4 is 4.72 Å². The van der Waals surface area contributed by atoms with Gasteiger partial charge in [-0.05, 0) is 32.4 Å². The monoisotopic (exact) mass is 455 g/mol. The van der Waals surface area contributed by atoms with Crippen LogP contribution in [0.5, 0.6) is 0 Å². The molecule has 27 heavy (non-hydrogen) atoms. The Kier molecular flexibility index (Phi) is 9.37. The quantitative estimate of drug-likeness (QED) is 0.586. The number of aliphatic hydroxyl groups is 1. The molecule has 6 nitrogen and oxygen atoms in total. The van der Waals surface area contributed by atoms with E-state index in [1.807, 2.05) is 20.8 Å². The fourth-order valence-electron chi connectivity index (χ4n) is 2.80. The molecule has 0 radical (unpaired) electrons. The smallest absolute Gasteiger partial charge is 0.242 e. The first kappa shape index (κ1) is 24.5. The van der Waals surface area contributed by atoms with Gasteiger partial charge in [0.15, 0.2) is 10.9 Å². The van der Waals surface area contributed by atoms with E-state index >= 15 is 0 Å². The van der Waals surface area contributed by atoms with Crippen LogP contribution in [0.1, 0.15) is 39.2 Å². The van der Waals surface area contributed by atoms with Crippen LogP contribution in [0.15, 0.2) is 28.1 Å². The summed E-state index contributed by atoms with van der Waals surface area (Å²) in [6.07, 6.45) is 1.63. The van der Waals surface area contributed by atoms with Gasteiger partial charge in [0.25, 0.3) is 0 Å². The molecule has 1 fully saturated rings. The lowest BCUT2D eigenvalue weighted by molar-refractivity contribution is -0.0455. The number of benzene rings is 1. The van der Waals surface area contributed by atoms with Crippen LogP contribution in [-0.4, -0.2) is 49.0 Å². The second kappa shape index (κ2) is 10.3. The van der Waals surface area contributed by atoms with E-state index in [0.717, 1.165) is 18.0 Å². The first-order valence-electron chi connectivity index (χ1n) is 8.77. The summed E-state index contributed by atoms with van der Waals surface area (Å²) in [6.45, 7) is 7.39. The molecular weight excluding hydrogens is 429 g/mol. The average molecular weight is 456 g/mol.